The Balaban J connectivity index is 4.50. The first kappa shape index (κ1) is 12.9. The largest absolute Gasteiger partial charge is 0.515 e. The normalized spacial score (nSPS) is 11.9. The second kappa shape index (κ2) is 7.34. The second-order valence-corrected chi connectivity index (χ2v) is 2.32. The predicted octanol–water partition coefficient (Wildman–Crippen LogP) is 1.00. The van der Waals surface area contributed by atoms with E-state index in [1.165, 1.54) is 7.11 Å². The van der Waals surface area contributed by atoms with Gasteiger partial charge in [0.15, 0.2) is 6.29 Å². The molecular formula is C9H16O5. The number of aliphatic hydroxyl groups excluding tert-OH is 1. The van der Waals surface area contributed by atoms with E-state index in [4.69, 9.17) is 14.6 Å². The molecule has 14 heavy (non-hydrogen) atoms. The Hall–Kier alpha value is -1.07. The number of carbonyl (C=O) groups is 1. The third kappa shape index (κ3) is 3.76. The van der Waals surface area contributed by atoms with E-state index in [9.17, 15) is 4.79 Å². The highest BCUT2D eigenvalue weighted by Gasteiger charge is 2.22. The van der Waals surface area contributed by atoms with Crippen molar-refractivity contribution >= 4 is 5.97 Å². The van der Waals surface area contributed by atoms with Crippen LogP contribution in [0.15, 0.2) is 11.8 Å². The molecule has 0 aromatic carbocycles. The standard InChI is InChI=1S/C9H16O5/c1-4-13-9(14-5-2)7(6-10)8(11)12-3/h6,9-10H,4-5H2,1-3H3/b7-6-. The van der Waals surface area contributed by atoms with Crippen molar-refractivity contribution in [2.45, 2.75) is 20.1 Å². The Morgan fingerprint density at radius 2 is 1.86 bits per heavy atom. The predicted molar refractivity (Wildman–Crippen MR) is 49.8 cm³/mol. The summed E-state index contributed by atoms with van der Waals surface area (Å²) in [4.78, 5) is 11.1. The van der Waals surface area contributed by atoms with Crippen LogP contribution in [0.4, 0.5) is 0 Å². The van der Waals surface area contributed by atoms with Crippen molar-refractivity contribution in [1.82, 2.24) is 0 Å². The van der Waals surface area contributed by atoms with Gasteiger partial charge in [-0.15, -0.1) is 0 Å². The van der Waals surface area contributed by atoms with Crippen LogP contribution in [0.2, 0.25) is 0 Å². The molecule has 0 aromatic heterocycles. The zero-order chi connectivity index (χ0) is 11.0. The van der Waals surface area contributed by atoms with Gasteiger partial charge in [0.1, 0.15) is 5.57 Å². The van der Waals surface area contributed by atoms with Crippen LogP contribution in [0.1, 0.15) is 13.8 Å². The van der Waals surface area contributed by atoms with Crippen LogP contribution in [-0.4, -0.2) is 37.7 Å². The fraction of sp³-hybridized carbons (Fsp3) is 0.667. The fourth-order valence-electron chi connectivity index (χ4n) is 0.858. The monoisotopic (exact) mass is 204 g/mol. The molecule has 0 aliphatic rings. The molecule has 0 heterocycles. The first-order valence-electron chi connectivity index (χ1n) is 4.37. The van der Waals surface area contributed by atoms with E-state index < -0.39 is 12.3 Å². The maximum atomic E-state index is 11.1. The van der Waals surface area contributed by atoms with Gasteiger partial charge in [0, 0.05) is 13.2 Å². The van der Waals surface area contributed by atoms with Crippen LogP contribution in [0.3, 0.4) is 0 Å². The lowest BCUT2D eigenvalue weighted by atomic mass is 10.3. The summed E-state index contributed by atoms with van der Waals surface area (Å²) in [5, 5.41) is 8.83. The molecule has 1 N–H and O–H groups in total. The van der Waals surface area contributed by atoms with Gasteiger partial charge in [0.25, 0.3) is 0 Å². The molecule has 0 amide bonds. The summed E-state index contributed by atoms with van der Waals surface area (Å²) in [6.07, 6.45) is -0.232. The maximum Gasteiger partial charge on any atom is 0.342 e. The summed E-state index contributed by atoms with van der Waals surface area (Å²) in [5.41, 5.74) is -0.0452. The highest BCUT2D eigenvalue weighted by molar-refractivity contribution is 5.88. The van der Waals surface area contributed by atoms with E-state index in [-0.39, 0.29) is 5.57 Å². The Labute approximate surface area is 83.3 Å². The van der Waals surface area contributed by atoms with Crippen LogP contribution < -0.4 is 0 Å². The maximum absolute atomic E-state index is 11.1. The van der Waals surface area contributed by atoms with Gasteiger partial charge in [0.2, 0.25) is 0 Å². The lowest BCUT2D eigenvalue weighted by Gasteiger charge is -2.17. The van der Waals surface area contributed by atoms with Crippen LogP contribution in [0, 0.1) is 0 Å². The van der Waals surface area contributed by atoms with Gasteiger partial charge in [-0.25, -0.2) is 4.79 Å². The average molecular weight is 204 g/mol. The molecule has 0 atom stereocenters. The summed E-state index contributed by atoms with van der Waals surface area (Å²) < 4.78 is 14.7. The van der Waals surface area contributed by atoms with Crippen LogP contribution >= 0.6 is 0 Å². The molecule has 0 bridgehead atoms. The first-order chi connectivity index (χ1) is 6.71. The highest BCUT2D eigenvalue weighted by atomic mass is 16.7. The lowest BCUT2D eigenvalue weighted by molar-refractivity contribution is -0.148. The van der Waals surface area contributed by atoms with Gasteiger partial charge in [0.05, 0.1) is 13.4 Å². The van der Waals surface area contributed by atoms with Gasteiger partial charge in [-0.3, -0.25) is 0 Å². The van der Waals surface area contributed by atoms with Gasteiger partial charge in [-0.2, -0.15) is 0 Å². The van der Waals surface area contributed by atoms with Gasteiger partial charge < -0.3 is 19.3 Å². The van der Waals surface area contributed by atoms with Crippen molar-refractivity contribution in [2.24, 2.45) is 0 Å². The Kier molecular flexibility index (Phi) is 6.78. The van der Waals surface area contributed by atoms with Crippen molar-refractivity contribution in [3.05, 3.63) is 11.8 Å². The minimum absolute atomic E-state index is 0.0452. The number of hydrogen-bond donors (Lipinski definition) is 1. The van der Waals surface area contributed by atoms with Crippen LogP contribution in [0.5, 0.6) is 0 Å². The molecular weight excluding hydrogens is 188 g/mol. The van der Waals surface area contributed by atoms with E-state index in [0.29, 0.717) is 19.5 Å². The lowest BCUT2D eigenvalue weighted by Crippen LogP contribution is -2.25. The fourth-order valence-corrected chi connectivity index (χ4v) is 0.858. The number of hydrogen-bond acceptors (Lipinski definition) is 5. The summed E-state index contributed by atoms with van der Waals surface area (Å²) in [7, 11) is 1.22. The van der Waals surface area contributed by atoms with Crippen molar-refractivity contribution in [1.29, 1.82) is 0 Å². The quantitative estimate of drug-likeness (QED) is 0.302. The smallest absolute Gasteiger partial charge is 0.342 e. The summed E-state index contributed by atoms with van der Waals surface area (Å²) in [5.74, 6) is -0.667. The van der Waals surface area contributed by atoms with Gasteiger partial charge in [-0.1, -0.05) is 0 Å². The molecule has 0 fully saturated rings. The SMILES string of the molecule is CCOC(OCC)/C(=C\O)C(=O)OC. The summed E-state index contributed by atoms with van der Waals surface area (Å²) in [6.45, 7) is 4.27. The third-order valence-corrected chi connectivity index (χ3v) is 1.45. The van der Waals surface area contributed by atoms with E-state index in [1.54, 1.807) is 13.8 Å². The number of methoxy groups -OCH3 is 1. The second-order valence-electron chi connectivity index (χ2n) is 2.32. The Morgan fingerprint density at radius 1 is 1.36 bits per heavy atom. The molecule has 0 spiro atoms. The molecule has 5 nitrogen and oxygen atoms in total. The van der Waals surface area contributed by atoms with E-state index >= 15 is 0 Å². The van der Waals surface area contributed by atoms with Crippen molar-refractivity contribution < 1.29 is 24.1 Å². The zero-order valence-corrected chi connectivity index (χ0v) is 8.65. The molecule has 0 aliphatic heterocycles. The molecule has 0 saturated heterocycles. The minimum atomic E-state index is -0.873. The van der Waals surface area contributed by atoms with E-state index in [1.807, 2.05) is 0 Å². The Morgan fingerprint density at radius 3 is 2.14 bits per heavy atom. The first-order valence-corrected chi connectivity index (χ1v) is 4.37. The van der Waals surface area contributed by atoms with E-state index in [2.05, 4.69) is 4.74 Å². The minimum Gasteiger partial charge on any atom is -0.515 e. The molecule has 0 radical (unpaired) electrons. The zero-order valence-electron chi connectivity index (χ0n) is 8.65. The summed E-state index contributed by atoms with van der Waals surface area (Å²) in [6, 6.07) is 0. The highest BCUT2D eigenvalue weighted by Crippen LogP contribution is 2.10. The third-order valence-electron chi connectivity index (χ3n) is 1.45. The molecule has 5 heteroatoms. The molecule has 0 aliphatic carbocycles. The van der Waals surface area contributed by atoms with Gasteiger partial charge in [-0.05, 0) is 13.8 Å². The van der Waals surface area contributed by atoms with Crippen molar-refractivity contribution in [3.8, 4) is 0 Å². The topological polar surface area (TPSA) is 65.0 Å². The number of ether oxygens (including phenoxy) is 3. The van der Waals surface area contributed by atoms with Gasteiger partial charge >= 0.3 is 5.97 Å². The number of rotatable bonds is 6. The van der Waals surface area contributed by atoms with Crippen LogP contribution in [0.25, 0.3) is 0 Å². The molecule has 82 valence electrons. The van der Waals surface area contributed by atoms with E-state index in [0.717, 1.165) is 0 Å². The number of carbonyl (C=O) groups excluding carboxylic acids is 1. The molecule has 0 unspecified atom stereocenters. The Bertz CT molecular complexity index is 193. The van der Waals surface area contributed by atoms with Crippen molar-refractivity contribution in [3.63, 3.8) is 0 Å². The molecule has 0 saturated carbocycles. The average Bonchev–Trinajstić information content (AvgIpc) is 2.19. The summed E-state index contributed by atoms with van der Waals surface area (Å²) >= 11 is 0. The molecule has 0 aromatic rings. The number of aliphatic hydroxyl groups is 1. The number of esters is 1. The van der Waals surface area contributed by atoms with Crippen molar-refractivity contribution in [2.75, 3.05) is 20.3 Å². The molecule has 0 rings (SSSR count). The van der Waals surface area contributed by atoms with Crippen LogP contribution in [-0.2, 0) is 19.0 Å².